The number of hydrogen-bond acceptors (Lipinski definition) is 4. The van der Waals surface area contributed by atoms with Crippen molar-refractivity contribution < 1.29 is 14.5 Å². The fourth-order valence-corrected chi connectivity index (χ4v) is 1.77. The van der Waals surface area contributed by atoms with Crippen LogP contribution in [0.4, 0.5) is 5.69 Å². The van der Waals surface area contributed by atoms with Gasteiger partial charge in [0.1, 0.15) is 5.02 Å². The van der Waals surface area contributed by atoms with Crippen molar-refractivity contribution in [1.29, 1.82) is 0 Å². The van der Waals surface area contributed by atoms with Crippen LogP contribution in [0.2, 0.25) is 5.02 Å². The van der Waals surface area contributed by atoms with E-state index in [1.165, 1.54) is 12.1 Å². The SMILES string of the molecule is CC(C)NC(=O)CCNC(=O)c1ccc(Cl)c([N+](=O)[O-])c1. The van der Waals surface area contributed by atoms with E-state index in [0.717, 1.165) is 6.07 Å². The van der Waals surface area contributed by atoms with Crippen LogP contribution in [0, 0.1) is 10.1 Å². The summed E-state index contributed by atoms with van der Waals surface area (Å²) < 4.78 is 0. The van der Waals surface area contributed by atoms with Crippen LogP contribution >= 0.6 is 11.6 Å². The summed E-state index contributed by atoms with van der Waals surface area (Å²) in [6.07, 6.45) is 0.138. The molecule has 1 aromatic carbocycles. The standard InChI is InChI=1S/C13H16ClN3O4/c1-8(2)16-12(18)5-6-15-13(19)9-3-4-10(14)11(7-9)17(20)21/h3-4,7-8H,5-6H2,1-2H3,(H,15,19)(H,16,18). The van der Waals surface area contributed by atoms with Gasteiger partial charge in [0.05, 0.1) is 4.92 Å². The quantitative estimate of drug-likeness (QED) is 0.618. The minimum absolute atomic E-state index is 0.0344. The van der Waals surface area contributed by atoms with Crippen molar-refractivity contribution in [2.24, 2.45) is 0 Å². The first-order chi connectivity index (χ1) is 9.81. The topological polar surface area (TPSA) is 101 Å². The summed E-state index contributed by atoms with van der Waals surface area (Å²) in [7, 11) is 0. The average Bonchev–Trinajstić information content (AvgIpc) is 2.37. The Hall–Kier alpha value is -2.15. The fourth-order valence-electron chi connectivity index (χ4n) is 1.58. The lowest BCUT2D eigenvalue weighted by molar-refractivity contribution is -0.384. The zero-order valence-electron chi connectivity index (χ0n) is 11.7. The first kappa shape index (κ1) is 16.9. The maximum absolute atomic E-state index is 11.8. The smallest absolute Gasteiger partial charge is 0.288 e. The molecule has 0 aliphatic carbocycles. The number of carbonyl (C=O) groups is 2. The maximum Gasteiger partial charge on any atom is 0.288 e. The Morgan fingerprint density at radius 2 is 2.05 bits per heavy atom. The molecule has 2 amide bonds. The number of hydrogen-bond donors (Lipinski definition) is 2. The third kappa shape index (κ3) is 5.39. The second kappa shape index (κ2) is 7.58. The second-order valence-corrected chi connectivity index (χ2v) is 5.06. The molecule has 0 spiro atoms. The number of nitrogens with zero attached hydrogens (tertiary/aromatic N) is 1. The molecule has 2 N–H and O–H groups in total. The van der Waals surface area contributed by atoms with Crippen LogP contribution in [0.5, 0.6) is 0 Å². The molecule has 0 heterocycles. The molecule has 0 unspecified atom stereocenters. The number of nitrogens with one attached hydrogen (secondary N) is 2. The van der Waals surface area contributed by atoms with Gasteiger partial charge in [0.25, 0.3) is 11.6 Å². The molecule has 114 valence electrons. The number of carbonyl (C=O) groups excluding carboxylic acids is 2. The Morgan fingerprint density at radius 1 is 1.38 bits per heavy atom. The van der Waals surface area contributed by atoms with Crippen LogP contribution < -0.4 is 10.6 Å². The highest BCUT2D eigenvalue weighted by molar-refractivity contribution is 6.32. The summed E-state index contributed by atoms with van der Waals surface area (Å²) in [5.41, 5.74) is -0.211. The monoisotopic (exact) mass is 313 g/mol. The van der Waals surface area contributed by atoms with Gasteiger partial charge in [-0.05, 0) is 26.0 Å². The Morgan fingerprint density at radius 3 is 2.62 bits per heavy atom. The predicted molar refractivity (Wildman–Crippen MR) is 78.3 cm³/mol. The van der Waals surface area contributed by atoms with Gasteiger partial charge in [-0.25, -0.2) is 0 Å². The molecule has 0 aliphatic heterocycles. The summed E-state index contributed by atoms with van der Waals surface area (Å²) in [5, 5.41) is 15.9. The Kier molecular flexibility index (Phi) is 6.10. The molecule has 8 heteroatoms. The van der Waals surface area contributed by atoms with Crippen molar-refractivity contribution in [3.8, 4) is 0 Å². The van der Waals surface area contributed by atoms with Crippen molar-refractivity contribution in [1.82, 2.24) is 10.6 Å². The Balaban J connectivity index is 2.58. The second-order valence-electron chi connectivity index (χ2n) is 4.65. The lowest BCUT2D eigenvalue weighted by atomic mass is 10.2. The Bertz CT molecular complexity index is 560. The van der Waals surface area contributed by atoms with Gasteiger partial charge in [0, 0.05) is 30.6 Å². The fraction of sp³-hybridized carbons (Fsp3) is 0.385. The highest BCUT2D eigenvalue weighted by atomic mass is 35.5. The molecular weight excluding hydrogens is 298 g/mol. The molecule has 1 rings (SSSR count). The molecule has 0 atom stereocenters. The minimum atomic E-state index is -0.658. The summed E-state index contributed by atoms with van der Waals surface area (Å²) in [5.74, 6) is -0.667. The van der Waals surface area contributed by atoms with E-state index >= 15 is 0 Å². The zero-order chi connectivity index (χ0) is 16.0. The van der Waals surface area contributed by atoms with Gasteiger partial charge in [-0.15, -0.1) is 0 Å². The van der Waals surface area contributed by atoms with Gasteiger partial charge in [0.2, 0.25) is 5.91 Å². The van der Waals surface area contributed by atoms with Gasteiger partial charge in [0.15, 0.2) is 0 Å². The molecule has 0 aliphatic rings. The van der Waals surface area contributed by atoms with Gasteiger partial charge in [-0.1, -0.05) is 11.6 Å². The van der Waals surface area contributed by atoms with E-state index in [1.54, 1.807) is 0 Å². The summed E-state index contributed by atoms with van der Waals surface area (Å²) in [6, 6.07) is 3.82. The van der Waals surface area contributed by atoms with Crippen LogP contribution in [0.15, 0.2) is 18.2 Å². The summed E-state index contributed by atoms with van der Waals surface area (Å²) in [4.78, 5) is 33.3. The van der Waals surface area contributed by atoms with E-state index in [0.29, 0.717) is 0 Å². The number of nitro benzene ring substituents is 1. The van der Waals surface area contributed by atoms with Gasteiger partial charge >= 0.3 is 0 Å². The van der Waals surface area contributed by atoms with Crippen LogP contribution in [0.1, 0.15) is 30.6 Å². The average molecular weight is 314 g/mol. The van der Waals surface area contributed by atoms with Crippen molar-refractivity contribution in [3.05, 3.63) is 38.9 Å². The normalized spacial score (nSPS) is 10.3. The van der Waals surface area contributed by atoms with Crippen molar-refractivity contribution in [3.63, 3.8) is 0 Å². The summed E-state index contributed by atoms with van der Waals surface area (Å²) >= 11 is 5.66. The molecule has 0 aromatic heterocycles. The molecule has 1 aromatic rings. The summed E-state index contributed by atoms with van der Waals surface area (Å²) in [6.45, 7) is 3.82. The number of rotatable bonds is 6. The molecule has 0 saturated carbocycles. The van der Waals surface area contributed by atoms with Crippen LogP contribution in [-0.4, -0.2) is 29.3 Å². The maximum atomic E-state index is 11.8. The molecule has 7 nitrogen and oxygen atoms in total. The van der Waals surface area contributed by atoms with E-state index < -0.39 is 10.8 Å². The lowest BCUT2D eigenvalue weighted by Gasteiger charge is -2.09. The first-order valence-corrected chi connectivity index (χ1v) is 6.70. The van der Waals surface area contributed by atoms with Gasteiger partial charge < -0.3 is 10.6 Å². The van der Waals surface area contributed by atoms with E-state index in [9.17, 15) is 19.7 Å². The van der Waals surface area contributed by atoms with Gasteiger partial charge in [-0.3, -0.25) is 19.7 Å². The highest BCUT2D eigenvalue weighted by Gasteiger charge is 2.16. The molecule has 0 saturated heterocycles. The number of amides is 2. The zero-order valence-corrected chi connectivity index (χ0v) is 12.4. The van der Waals surface area contributed by atoms with Crippen molar-refractivity contribution in [2.45, 2.75) is 26.3 Å². The van der Waals surface area contributed by atoms with E-state index in [4.69, 9.17) is 11.6 Å². The lowest BCUT2D eigenvalue weighted by Crippen LogP contribution is -2.34. The van der Waals surface area contributed by atoms with Crippen molar-refractivity contribution >= 4 is 29.1 Å². The Labute approximate surface area is 126 Å². The minimum Gasteiger partial charge on any atom is -0.354 e. The molecule has 0 fully saturated rings. The largest absolute Gasteiger partial charge is 0.354 e. The first-order valence-electron chi connectivity index (χ1n) is 6.32. The number of halogens is 1. The third-order valence-corrected chi connectivity index (χ3v) is 2.81. The number of nitro groups is 1. The van der Waals surface area contributed by atoms with Crippen LogP contribution in [-0.2, 0) is 4.79 Å². The van der Waals surface area contributed by atoms with E-state index in [1.807, 2.05) is 13.8 Å². The van der Waals surface area contributed by atoms with Gasteiger partial charge in [-0.2, -0.15) is 0 Å². The molecule has 21 heavy (non-hydrogen) atoms. The predicted octanol–water partition coefficient (Wildman–Crippen LogP) is 1.89. The van der Waals surface area contributed by atoms with E-state index in [2.05, 4.69) is 10.6 Å². The molecule has 0 bridgehead atoms. The van der Waals surface area contributed by atoms with Crippen LogP contribution in [0.3, 0.4) is 0 Å². The number of benzene rings is 1. The van der Waals surface area contributed by atoms with Crippen molar-refractivity contribution in [2.75, 3.05) is 6.54 Å². The molecular formula is C13H16ClN3O4. The molecule has 0 radical (unpaired) electrons. The van der Waals surface area contributed by atoms with E-state index in [-0.39, 0.29) is 41.2 Å². The van der Waals surface area contributed by atoms with Crippen LogP contribution in [0.25, 0.3) is 0 Å². The third-order valence-electron chi connectivity index (χ3n) is 2.49. The highest BCUT2D eigenvalue weighted by Crippen LogP contribution is 2.24.